The maximum atomic E-state index is 11.7. The van der Waals surface area contributed by atoms with Crippen LogP contribution in [0.1, 0.15) is 72.6 Å². The number of aliphatic hydroxyl groups is 4. The van der Waals surface area contributed by atoms with Gasteiger partial charge in [0.25, 0.3) is 0 Å². The summed E-state index contributed by atoms with van der Waals surface area (Å²) < 4.78 is 0. The molecule has 0 saturated heterocycles. The molecule has 0 aliphatic heterocycles. The molecule has 0 aromatic rings. The van der Waals surface area contributed by atoms with Crippen molar-refractivity contribution in [3.63, 3.8) is 0 Å². The van der Waals surface area contributed by atoms with Crippen LogP contribution in [0.25, 0.3) is 0 Å². The Hall–Kier alpha value is -0.160. The van der Waals surface area contributed by atoms with Gasteiger partial charge in [-0.2, -0.15) is 0 Å². The van der Waals surface area contributed by atoms with Crippen molar-refractivity contribution >= 4 is 0 Å². The highest BCUT2D eigenvalue weighted by Gasteiger charge is 2.76. The SMILES string of the molecule is CC1(C)CC(O)CC2(C)C1CC(O)C1(O)CC3CC21CCC3(C)O. The van der Waals surface area contributed by atoms with E-state index in [2.05, 4.69) is 20.8 Å². The topological polar surface area (TPSA) is 80.9 Å². The van der Waals surface area contributed by atoms with Gasteiger partial charge in [0.15, 0.2) is 0 Å². The van der Waals surface area contributed by atoms with E-state index in [9.17, 15) is 20.4 Å². The first-order valence-electron chi connectivity index (χ1n) is 9.69. The Morgan fingerprint density at radius 2 is 1.50 bits per heavy atom. The van der Waals surface area contributed by atoms with E-state index in [1.54, 1.807) is 0 Å². The molecule has 0 radical (unpaired) electrons. The zero-order valence-corrected chi connectivity index (χ0v) is 15.5. The predicted molar refractivity (Wildman–Crippen MR) is 91.2 cm³/mol. The quantitative estimate of drug-likeness (QED) is 0.546. The third-order valence-corrected chi connectivity index (χ3v) is 9.16. The molecule has 4 saturated carbocycles. The minimum absolute atomic E-state index is 0.0312. The highest BCUT2D eigenvalue weighted by Crippen LogP contribution is 2.76. The predicted octanol–water partition coefficient (Wildman–Crippen LogP) is 2.23. The van der Waals surface area contributed by atoms with Gasteiger partial charge in [-0.15, -0.1) is 0 Å². The molecule has 8 atom stereocenters. The molecule has 2 bridgehead atoms. The largest absolute Gasteiger partial charge is 0.393 e. The number of rotatable bonds is 0. The second-order valence-electron chi connectivity index (χ2n) is 10.7. The lowest BCUT2D eigenvalue weighted by atomic mass is 9.38. The van der Waals surface area contributed by atoms with Gasteiger partial charge < -0.3 is 20.4 Å². The fraction of sp³-hybridized carbons (Fsp3) is 1.00. The minimum atomic E-state index is -1.13. The van der Waals surface area contributed by atoms with Crippen LogP contribution in [0.15, 0.2) is 0 Å². The lowest BCUT2D eigenvalue weighted by molar-refractivity contribution is -0.279. The molecule has 4 heteroatoms. The van der Waals surface area contributed by atoms with E-state index in [-0.39, 0.29) is 28.8 Å². The molecule has 0 aromatic carbocycles. The first-order chi connectivity index (χ1) is 10.9. The number of aliphatic hydroxyl groups excluding tert-OH is 2. The van der Waals surface area contributed by atoms with Crippen molar-refractivity contribution in [3.8, 4) is 0 Å². The lowest BCUT2D eigenvalue weighted by Gasteiger charge is -2.68. The fourth-order valence-corrected chi connectivity index (χ4v) is 7.98. The number of hydrogen-bond donors (Lipinski definition) is 4. The van der Waals surface area contributed by atoms with Gasteiger partial charge in [-0.1, -0.05) is 20.8 Å². The molecule has 0 amide bonds. The van der Waals surface area contributed by atoms with Crippen molar-refractivity contribution in [2.24, 2.45) is 28.1 Å². The van der Waals surface area contributed by atoms with Gasteiger partial charge in [-0.3, -0.25) is 0 Å². The molecule has 0 heterocycles. The third kappa shape index (κ3) is 1.79. The summed E-state index contributed by atoms with van der Waals surface area (Å²) in [7, 11) is 0. The molecule has 4 nitrogen and oxygen atoms in total. The average molecular weight is 338 g/mol. The minimum Gasteiger partial charge on any atom is -0.393 e. The van der Waals surface area contributed by atoms with Crippen LogP contribution >= 0.6 is 0 Å². The van der Waals surface area contributed by atoms with Crippen LogP contribution in [0.3, 0.4) is 0 Å². The summed E-state index contributed by atoms with van der Waals surface area (Å²) in [6.07, 6.45) is 3.64. The zero-order chi connectivity index (χ0) is 17.8. The van der Waals surface area contributed by atoms with Gasteiger partial charge in [0, 0.05) is 5.41 Å². The van der Waals surface area contributed by atoms with Crippen molar-refractivity contribution in [1.82, 2.24) is 0 Å². The summed E-state index contributed by atoms with van der Waals surface area (Å²) in [6.45, 7) is 8.55. The van der Waals surface area contributed by atoms with Gasteiger partial charge in [-0.25, -0.2) is 0 Å². The van der Waals surface area contributed by atoms with Gasteiger partial charge in [-0.05, 0) is 74.5 Å². The first-order valence-corrected chi connectivity index (χ1v) is 9.69. The lowest BCUT2D eigenvalue weighted by Crippen LogP contribution is -2.70. The third-order valence-electron chi connectivity index (χ3n) is 9.16. The molecule has 4 N–H and O–H groups in total. The van der Waals surface area contributed by atoms with Gasteiger partial charge in [0.05, 0.1) is 23.4 Å². The first kappa shape index (κ1) is 17.3. The molecule has 138 valence electrons. The van der Waals surface area contributed by atoms with Gasteiger partial charge >= 0.3 is 0 Å². The van der Waals surface area contributed by atoms with Gasteiger partial charge in [0.2, 0.25) is 0 Å². The second kappa shape index (κ2) is 4.57. The van der Waals surface area contributed by atoms with E-state index in [0.29, 0.717) is 25.7 Å². The second-order valence-corrected chi connectivity index (χ2v) is 10.7. The standard InChI is InChI=1S/C20H34O4/c1-16(2)10-13(21)11-17(3)14(16)7-15(22)20(24)9-12-8-19(17,20)6-5-18(12,4)23/h12-15,21-24H,5-11H2,1-4H3. The maximum Gasteiger partial charge on any atom is 0.0970 e. The fourth-order valence-electron chi connectivity index (χ4n) is 7.98. The molecule has 24 heavy (non-hydrogen) atoms. The van der Waals surface area contributed by atoms with Crippen molar-refractivity contribution in [2.45, 2.75) is 96.1 Å². The van der Waals surface area contributed by atoms with Gasteiger partial charge in [0.1, 0.15) is 0 Å². The Bertz CT molecular complexity index is 558. The zero-order valence-electron chi connectivity index (χ0n) is 15.5. The molecule has 4 rings (SSSR count). The Balaban J connectivity index is 1.87. The molecule has 4 aliphatic carbocycles. The van der Waals surface area contributed by atoms with E-state index in [4.69, 9.17) is 0 Å². The summed E-state index contributed by atoms with van der Waals surface area (Å²) in [5.41, 5.74) is -2.54. The summed E-state index contributed by atoms with van der Waals surface area (Å²) >= 11 is 0. The molecule has 4 aliphatic rings. The maximum absolute atomic E-state index is 11.7. The molecule has 8 unspecified atom stereocenters. The average Bonchev–Trinajstić information content (AvgIpc) is 2.72. The Labute approximate surface area is 145 Å². The summed E-state index contributed by atoms with van der Waals surface area (Å²) in [6, 6.07) is 0. The van der Waals surface area contributed by atoms with Crippen LogP contribution in [0.2, 0.25) is 0 Å². The van der Waals surface area contributed by atoms with Crippen molar-refractivity contribution in [3.05, 3.63) is 0 Å². The van der Waals surface area contributed by atoms with Crippen LogP contribution in [-0.4, -0.2) is 43.8 Å². The van der Waals surface area contributed by atoms with Crippen molar-refractivity contribution in [2.75, 3.05) is 0 Å². The molecular weight excluding hydrogens is 304 g/mol. The van der Waals surface area contributed by atoms with E-state index in [0.717, 1.165) is 19.3 Å². The Kier molecular flexibility index (Phi) is 3.29. The number of hydrogen-bond acceptors (Lipinski definition) is 4. The molecule has 4 fully saturated rings. The highest BCUT2D eigenvalue weighted by atomic mass is 16.3. The van der Waals surface area contributed by atoms with E-state index in [1.165, 1.54) is 0 Å². The summed E-state index contributed by atoms with van der Waals surface area (Å²) in [5.74, 6) is 0.314. The van der Waals surface area contributed by atoms with Crippen LogP contribution in [0.5, 0.6) is 0 Å². The number of fused-ring (bicyclic) bond motifs is 2. The van der Waals surface area contributed by atoms with E-state index in [1.807, 2.05) is 6.92 Å². The molecule has 1 spiro atoms. The van der Waals surface area contributed by atoms with Crippen molar-refractivity contribution in [1.29, 1.82) is 0 Å². The van der Waals surface area contributed by atoms with E-state index < -0.39 is 22.7 Å². The van der Waals surface area contributed by atoms with Crippen LogP contribution in [-0.2, 0) is 0 Å². The van der Waals surface area contributed by atoms with Crippen LogP contribution < -0.4 is 0 Å². The summed E-state index contributed by atoms with van der Waals surface area (Å²) in [4.78, 5) is 0. The van der Waals surface area contributed by atoms with E-state index >= 15 is 0 Å². The van der Waals surface area contributed by atoms with Crippen LogP contribution in [0.4, 0.5) is 0 Å². The smallest absolute Gasteiger partial charge is 0.0970 e. The monoisotopic (exact) mass is 338 g/mol. The Morgan fingerprint density at radius 1 is 0.833 bits per heavy atom. The van der Waals surface area contributed by atoms with Crippen molar-refractivity contribution < 1.29 is 20.4 Å². The Morgan fingerprint density at radius 3 is 2.17 bits per heavy atom. The molecular formula is C20H34O4. The van der Waals surface area contributed by atoms with Crippen LogP contribution in [0, 0.1) is 28.1 Å². The highest BCUT2D eigenvalue weighted by molar-refractivity contribution is 5.26. The summed E-state index contributed by atoms with van der Waals surface area (Å²) in [5, 5.41) is 44.1. The normalized spacial score (nSPS) is 62.0. The molecule has 0 aromatic heterocycles.